The van der Waals surface area contributed by atoms with E-state index in [9.17, 15) is 9.59 Å². The van der Waals surface area contributed by atoms with Crippen molar-refractivity contribution in [1.82, 2.24) is 4.57 Å². The van der Waals surface area contributed by atoms with Gasteiger partial charge in [-0.1, -0.05) is 59.9 Å². The van der Waals surface area contributed by atoms with Crippen molar-refractivity contribution >= 4 is 29.1 Å². The van der Waals surface area contributed by atoms with Gasteiger partial charge >= 0.3 is 5.97 Å². The summed E-state index contributed by atoms with van der Waals surface area (Å²) >= 11 is 1.26. The zero-order chi connectivity index (χ0) is 26.9. The smallest absolute Gasteiger partial charge is 0.338 e. The summed E-state index contributed by atoms with van der Waals surface area (Å²) in [6.45, 7) is 2.04. The molecule has 0 aliphatic carbocycles. The molecule has 1 aromatic heterocycles. The normalized spacial score (nSPS) is 16.1. The molecule has 8 nitrogen and oxygen atoms in total. The standard InChI is InChI=1S/C30H24N2O6S/c1-3-36-29(34)25-26(19-9-5-4-6-10-19)31-30-32(27(25)20-12-13-22-23(16-20)38-17-37-22)28(33)24(39-30)15-18-8-7-11-21(14-18)35-2/h4-16,27H,3,17H2,1-2H3. The number of nitrogens with zero attached hydrogens (tertiary/aromatic N) is 2. The van der Waals surface area contributed by atoms with E-state index in [0.29, 0.717) is 37.8 Å². The summed E-state index contributed by atoms with van der Waals surface area (Å²) in [7, 11) is 1.60. The lowest BCUT2D eigenvalue weighted by molar-refractivity contribution is -0.138. The Balaban J connectivity index is 1.64. The quantitative estimate of drug-likeness (QED) is 0.347. The highest BCUT2D eigenvalue weighted by Crippen LogP contribution is 2.40. The maximum Gasteiger partial charge on any atom is 0.338 e. The number of thiazole rings is 1. The molecule has 1 atom stereocenters. The van der Waals surface area contributed by atoms with Crippen LogP contribution in [-0.4, -0.2) is 31.0 Å². The molecule has 4 aromatic rings. The van der Waals surface area contributed by atoms with E-state index in [1.54, 1.807) is 36.8 Å². The topological polar surface area (TPSA) is 88.4 Å². The molecule has 0 spiro atoms. The minimum absolute atomic E-state index is 0.109. The summed E-state index contributed by atoms with van der Waals surface area (Å²) in [4.78, 5) is 32.9. The lowest BCUT2D eigenvalue weighted by Crippen LogP contribution is -2.40. The monoisotopic (exact) mass is 540 g/mol. The molecular formula is C30H24N2O6S. The van der Waals surface area contributed by atoms with Crippen molar-refractivity contribution in [1.29, 1.82) is 0 Å². The number of carbonyl (C=O) groups is 1. The van der Waals surface area contributed by atoms with Gasteiger partial charge in [0.2, 0.25) is 6.79 Å². The molecule has 1 unspecified atom stereocenters. The van der Waals surface area contributed by atoms with E-state index in [-0.39, 0.29) is 24.5 Å². The van der Waals surface area contributed by atoms with Gasteiger partial charge in [-0.2, -0.15) is 0 Å². The molecular weight excluding hydrogens is 516 g/mol. The fourth-order valence-electron chi connectivity index (χ4n) is 4.72. The Bertz CT molecular complexity index is 1790. The van der Waals surface area contributed by atoms with Gasteiger partial charge < -0.3 is 18.9 Å². The van der Waals surface area contributed by atoms with Gasteiger partial charge in [-0.05, 0) is 48.4 Å². The maximum absolute atomic E-state index is 14.0. The third-order valence-electron chi connectivity index (χ3n) is 6.48. The number of hydrogen-bond donors (Lipinski definition) is 0. The number of methoxy groups -OCH3 is 1. The van der Waals surface area contributed by atoms with Crippen LogP contribution in [0.1, 0.15) is 29.7 Å². The first-order valence-corrected chi connectivity index (χ1v) is 13.2. The molecule has 0 saturated carbocycles. The minimum atomic E-state index is -0.794. The molecule has 2 aliphatic rings. The molecule has 0 amide bonds. The van der Waals surface area contributed by atoms with Crippen molar-refractivity contribution in [3.8, 4) is 17.2 Å². The van der Waals surface area contributed by atoms with Crippen LogP contribution in [0.25, 0.3) is 11.8 Å². The van der Waals surface area contributed by atoms with Gasteiger partial charge in [0.1, 0.15) is 5.75 Å². The maximum atomic E-state index is 14.0. The van der Waals surface area contributed by atoms with Gasteiger partial charge in [0.15, 0.2) is 16.3 Å². The van der Waals surface area contributed by atoms with E-state index < -0.39 is 12.0 Å². The number of esters is 1. The van der Waals surface area contributed by atoms with E-state index >= 15 is 0 Å². The fraction of sp³-hybridized carbons (Fsp3) is 0.167. The van der Waals surface area contributed by atoms with E-state index in [0.717, 1.165) is 11.1 Å². The number of hydrogen-bond acceptors (Lipinski definition) is 8. The van der Waals surface area contributed by atoms with Crippen molar-refractivity contribution in [2.45, 2.75) is 13.0 Å². The van der Waals surface area contributed by atoms with Crippen molar-refractivity contribution in [2.24, 2.45) is 4.99 Å². The van der Waals surface area contributed by atoms with Crippen LogP contribution < -0.4 is 29.1 Å². The number of ether oxygens (including phenoxy) is 4. The average Bonchev–Trinajstić information content (AvgIpc) is 3.56. The Hall–Kier alpha value is -4.63. The molecule has 3 aromatic carbocycles. The summed E-state index contributed by atoms with van der Waals surface area (Å²) in [6, 6.07) is 21.5. The second-order valence-electron chi connectivity index (χ2n) is 8.82. The number of benzene rings is 3. The second kappa shape index (κ2) is 10.3. The van der Waals surface area contributed by atoms with Crippen molar-refractivity contribution in [3.63, 3.8) is 0 Å². The highest BCUT2D eigenvalue weighted by atomic mass is 32.1. The van der Waals surface area contributed by atoms with Crippen LogP contribution in [0.3, 0.4) is 0 Å². The van der Waals surface area contributed by atoms with Crippen LogP contribution in [0.5, 0.6) is 17.2 Å². The summed E-state index contributed by atoms with van der Waals surface area (Å²) in [5.74, 6) is 1.30. The van der Waals surface area contributed by atoms with Crippen LogP contribution in [0.2, 0.25) is 0 Å². The van der Waals surface area contributed by atoms with E-state index in [2.05, 4.69) is 0 Å². The third-order valence-corrected chi connectivity index (χ3v) is 7.46. The van der Waals surface area contributed by atoms with Gasteiger partial charge in [0, 0.05) is 5.56 Å². The van der Waals surface area contributed by atoms with Gasteiger partial charge in [0.25, 0.3) is 5.56 Å². The molecule has 2 aliphatic heterocycles. The van der Waals surface area contributed by atoms with Gasteiger partial charge in [-0.15, -0.1) is 0 Å². The summed E-state index contributed by atoms with van der Waals surface area (Å²) in [5.41, 5.74) is 2.72. The Kier molecular flexibility index (Phi) is 6.50. The lowest BCUT2D eigenvalue weighted by Gasteiger charge is -2.26. The molecule has 0 saturated heterocycles. The van der Waals surface area contributed by atoms with Crippen LogP contribution in [0, 0.1) is 0 Å². The molecule has 6 rings (SSSR count). The number of fused-ring (bicyclic) bond motifs is 2. The average molecular weight is 541 g/mol. The van der Waals surface area contributed by atoms with Gasteiger partial charge in [-0.3, -0.25) is 9.36 Å². The Morgan fingerprint density at radius 2 is 1.90 bits per heavy atom. The Morgan fingerprint density at radius 1 is 1.08 bits per heavy atom. The van der Waals surface area contributed by atoms with Gasteiger partial charge in [0.05, 0.1) is 35.6 Å². The van der Waals surface area contributed by atoms with Crippen molar-refractivity contribution in [2.75, 3.05) is 20.5 Å². The lowest BCUT2D eigenvalue weighted by atomic mass is 9.93. The highest BCUT2D eigenvalue weighted by molar-refractivity contribution is 7.07. The third kappa shape index (κ3) is 4.51. The number of aromatic nitrogens is 1. The zero-order valence-electron chi connectivity index (χ0n) is 21.2. The zero-order valence-corrected chi connectivity index (χ0v) is 22.1. The molecule has 39 heavy (non-hydrogen) atoms. The SMILES string of the molecule is CCOC(=O)C1=C(c2ccccc2)N=c2sc(=Cc3cccc(OC)c3)c(=O)n2C1c1ccc2c(c1)OCO2. The summed E-state index contributed by atoms with van der Waals surface area (Å²) in [6.07, 6.45) is 1.80. The first kappa shape index (κ1) is 24.7. The first-order valence-electron chi connectivity index (χ1n) is 12.4. The number of carbonyl (C=O) groups excluding carboxylic acids is 1. The predicted octanol–water partition coefficient (Wildman–Crippen LogP) is 3.67. The molecule has 0 radical (unpaired) electrons. The predicted molar refractivity (Wildman–Crippen MR) is 147 cm³/mol. The molecule has 196 valence electrons. The van der Waals surface area contributed by atoms with E-state index in [4.69, 9.17) is 23.9 Å². The van der Waals surface area contributed by atoms with Crippen molar-refractivity contribution in [3.05, 3.63) is 115 Å². The molecule has 0 bridgehead atoms. The highest BCUT2D eigenvalue weighted by Gasteiger charge is 2.36. The van der Waals surface area contributed by atoms with E-state index in [1.165, 1.54) is 11.3 Å². The molecule has 0 fully saturated rings. The fourth-order valence-corrected chi connectivity index (χ4v) is 5.72. The van der Waals surface area contributed by atoms with Crippen LogP contribution in [0.4, 0.5) is 0 Å². The first-order chi connectivity index (χ1) is 19.1. The van der Waals surface area contributed by atoms with Crippen LogP contribution in [0.15, 0.2) is 88.2 Å². The van der Waals surface area contributed by atoms with Crippen LogP contribution >= 0.6 is 11.3 Å². The number of rotatable bonds is 6. The Morgan fingerprint density at radius 3 is 2.69 bits per heavy atom. The Labute approximate surface area is 227 Å². The van der Waals surface area contributed by atoms with Crippen LogP contribution in [-0.2, 0) is 9.53 Å². The molecule has 3 heterocycles. The largest absolute Gasteiger partial charge is 0.497 e. The molecule has 9 heteroatoms. The minimum Gasteiger partial charge on any atom is -0.497 e. The summed E-state index contributed by atoms with van der Waals surface area (Å²) < 4.78 is 24.0. The van der Waals surface area contributed by atoms with Crippen molar-refractivity contribution < 1.29 is 23.7 Å². The van der Waals surface area contributed by atoms with Gasteiger partial charge in [-0.25, -0.2) is 9.79 Å². The second-order valence-corrected chi connectivity index (χ2v) is 9.83. The molecule has 0 N–H and O–H groups in total. The van der Waals surface area contributed by atoms with E-state index in [1.807, 2.05) is 60.7 Å². The summed E-state index contributed by atoms with van der Waals surface area (Å²) in [5, 5.41) is 0.